The van der Waals surface area contributed by atoms with Crippen molar-refractivity contribution in [2.24, 2.45) is 0 Å². The molecule has 0 aliphatic carbocycles. The molecule has 0 fully saturated rings. The topological polar surface area (TPSA) is 37.4 Å². The lowest BCUT2D eigenvalue weighted by Crippen LogP contribution is -2.31. The zero-order valence-corrected chi connectivity index (χ0v) is 10.6. The van der Waals surface area contributed by atoms with Gasteiger partial charge in [0.05, 0.1) is 5.75 Å². The lowest BCUT2D eigenvalue weighted by Gasteiger charge is -2.15. The Hall–Kier alpha value is 0.180. The lowest BCUT2D eigenvalue weighted by molar-refractivity contribution is -0.134. The molecule has 0 unspecified atom stereocenters. The van der Waals surface area contributed by atoms with Crippen LogP contribution in [0, 0.1) is 0 Å². The van der Waals surface area contributed by atoms with Crippen molar-refractivity contribution in [1.29, 1.82) is 0 Å². The first kappa shape index (κ1) is 15.2. The summed E-state index contributed by atoms with van der Waals surface area (Å²) in [5.74, 6) is -0.462. The monoisotopic (exact) mass is 311 g/mol. The average Bonchev–Trinajstić information content (AvgIpc) is 2.01. The Balaban J connectivity index is 4.06. The second kappa shape index (κ2) is 6.05. The predicted octanol–water partition coefficient (Wildman–Crippen LogP) is 1.99. The molecule has 0 aliphatic heterocycles. The van der Waals surface area contributed by atoms with Gasteiger partial charge in [0.1, 0.15) is 0 Å². The van der Waals surface area contributed by atoms with Crippen LogP contribution in [0.4, 0.5) is 13.2 Å². The lowest BCUT2D eigenvalue weighted by atomic mass is 10.3. The third-order valence-electron chi connectivity index (χ3n) is 1.74. The van der Waals surface area contributed by atoms with Crippen LogP contribution in [0.5, 0.6) is 0 Å². The Morgan fingerprint density at radius 1 is 1.33 bits per heavy atom. The van der Waals surface area contributed by atoms with Crippen molar-refractivity contribution in [2.45, 2.75) is 19.0 Å². The van der Waals surface area contributed by atoms with E-state index in [1.807, 2.05) is 0 Å². The summed E-state index contributed by atoms with van der Waals surface area (Å²) >= 11 is 3.06. The molecule has 3 nitrogen and oxygen atoms in total. The van der Waals surface area contributed by atoms with Gasteiger partial charge in [-0.2, -0.15) is 13.2 Å². The van der Waals surface area contributed by atoms with Crippen LogP contribution in [-0.2, 0) is 10.0 Å². The van der Waals surface area contributed by atoms with Crippen LogP contribution in [-0.4, -0.2) is 43.6 Å². The summed E-state index contributed by atoms with van der Waals surface area (Å²) in [6.45, 7) is 0.258. The molecule has 8 heteroatoms. The van der Waals surface area contributed by atoms with Gasteiger partial charge < -0.3 is 0 Å². The van der Waals surface area contributed by atoms with E-state index in [9.17, 15) is 21.6 Å². The fourth-order valence-corrected chi connectivity index (χ4v) is 2.83. The van der Waals surface area contributed by atoms with Crippen molar-refractivity contribution in [3.05, 3.63) is 0 Å². The molecule has 15 heavy (non-hydrogen) atoms. The maximum Gasteiger partial charge on any atom is 0.389 e. The third-order valence-corrected chi connectivity index (χ3v) is 4.03. The molecule has 0 aromatic rings. The standard InChI is InChI=1S/C7H13BrF3NO2S/c1-12(5-4-8)15(13,14)6-2-3-7(9,10)11/h2-6H2,1H3. The Morgan fingerprint density at radius 2 is 1.87 bits per heavy atom. The molecule has 0 rings (SSSR count). The number of alkyl halides is 4. The first-order valence-corrected chi connectivity index (χ1v) is 6.99. The first-order chi connectivity index (χ1) is 6.69. The molecule has 0 aliphatic rings. The van der Waals surface area contributed by atoms with E-state index in [1.54, 1.807) is 0 Å². The van der Waals surface area contributed by atoms with Crippen LogP contribution in [0.3, 0.4) is 0 Å². The van der Waals surface area contributed by atoms with Crippen LogP contribution >= 0.6 is 15.9 Å². The van der Waals surface area contributed by atoms with Crippen LogP contribution in [0.15, 0.2) is 0 Å². The molecule has 92 valence electrons. The van der Waals surface area contributed by atoms with E-state index in [0.29, 0.717) is 5.33 Å². The number of nitrogens with zero attached hydrogens (tertiary/aromatic N) is 1. The SMILES string of the molecule is CN(CCBr)S(=O)(=O)CCCC(F)(F)F. The summed E-state index contributed by atoms with van der Waals surface area (Å²) in [5.41, 5.74) is 0. The second-order valence-electron chi connectivity index (χ2n) is 3.05. The highest BCUT2D eigenvalue weighted by atomic mass is 79.9. The van der Waals surface area contributed by atoms with E-state index in [0.717, 1.165) is 4.31 Å². The van der Waals surface area contributed by atoms with Gasteiger partial charge in [-0.05, 0) is 6.42 Å². The maximum atomic E-state index is 11.8. The molecule has 0 radical (unpaired) electrons. The molecular weight excluding hydrogens is 299 g/mol. The van der Waals surface area contributed by atoms with Crippen molar-refractivity contribution in [1.82, 2.24) is 4.31 Å². The zero-order valence-electron chi connectivity index (χ0n) is 8.22. The number of halogens is 4. The summed E-state index contributed by atoms with van der Waals surface area (Å²) in [7, 11) is -2.19. The first-order valence-electron chi connectivity index (χ1n) is 4.26. The molecule has 0 atom stereocenters. The van der Waals surface area contributed by atoms with E-state index >= 15 is 0 Å². The van der Waals surface area contributed by atoms with Gasteiger partial charge in [0.2, 0.25) is 10.0 Å². The van der Waals surface area contributed by atoms with Crippen molar-refractivity contribution in [2.75, 3.05) is 24.7 Å². The minimum atomic E-state index is -4.29. The fourth-order valence-electron chi connectivity index (χ4n) is 0.869. The van der Waals surface area contributed by atoms with Crippen LogP contribution in [0.25, 0.3) is 0 Å². The van der Waals surface area contributed by atoms with E-state index in [2.05, 4.69) is 15.9 Å². The third kappa shape index (κ3) is 7.13. The Bertz CT molecular complexity index is 278. The summed E-state index contributed by atoms with van der Waals surface area (Å²) in [5, 5.41) is 0.460. The number of rotatable bonds is 6. The summed E-state index contributed by atoms with van der Waals surface area (Å²) in [4.78, 5) is 0. The van der Waals surface area contributed by atoms with E-state index < -0.39 is 34.8 Å². The predicted molar refractivity (Wildman–Crippen MR) is 55.5 cm³/mol. The van der Waals surface area contributed by atoms with Gasteiger partial charge in [-0.15, -0.1) is 0 Å². The van der Waals surface area contributed by atoms with Gasteiger partial charge in [0.25, 0.3) is 0 Å². The fraction of sp³-hybridized carbons (Fsp3) is 1.00. The molecule has 0 spiro atoms. The van der Waals surface area contributed by atoms with Crippen LogP contribution in [0.2, 0.25) is 0 Å². The minimum absolute atomic E-state index is 0.258. The molecule has 0 aromatic carbocycles. The molecule has 0 heterocycles. The molecule has 0 saturated heterocycles. The quantitative estimate of drug-likeness (QED) is 0.703. The van der Waals surface area contributed by atoms with Crippen molar-refractivity contribution < 1.29 is 21.6 Å². The smallest absolute Gasteiger partial charge is 0.212 e. The van der Waals surface area contributed by atoms with Crippen molar-refractivity contribution in [3.63, 3.8) is 0 Å². The zero-order chi connectivity index (χ0) is 12.1. The average molecular weight is 312 g/mol. The highest BCUT2D eigenvalue weighted by Crippen LogP contribution is 2.21. The van der Waals surface area contributed by atoms with Gasteiger partial charge in [0, 0.05) is 25.3 Å². The number of hydrogen-bond acceptors (Lipinski definition) is 2. The maximum absolute atomic E-state index is 11.8. The second-order valence-corrected chi connectivity index (χ2v) is 6.03. The molecule has 0 amide bonds. The van der Waals surface area contributed by atoms with Crippen molar-refractivity contribution >= 4 is 26.0 Å². The Kier molecular flexibility index (Phi) is 6.12. The number of hydrogen-bond donors (Lipinski definition) is 0. The van der Waals surface area contributed by atoms with E-state index in [1.165, 1.54) is 7.05 Å². The van der Waals surface area contributed by atoms with E-state index in [4.69, 9.17) is 0 Å². The highest BCUT2D eigenvalue weighted by Gasteiger charge is 2.28. The minimum Gasteiger partial charge on any atom is -0.212 e. The summed E-state index contributed by atoms with van der Waals surface area (Å²) in [6, 6.07) is 0. The number of sulfonamides is 1. The molecular formula is C7H13BrF3NO2S. The van der Waals surface area contributed by atoms with Gasteiger partial charge in [-0.3, -0.25) is 0 Å². The molecule has 0 N–H and O–H groups in total. The van der Waals surface area contributed by atoms with Gasteiger partial charge >= 0.3 is 6.18 Å². The van der Waals surface area contributed by atoms with Crippen molar-refractivity contribution in [3.8, 4) is 0 Å². The molecule has 0 saturated carbocycles. The molecule has 0 bridgehead atoms. The van der Waals surface area contributed by atoms with Gasteiger partial charge in [-0.1, -0.05) is 15.9 Å². The van der Waals surface area contributed by atoms with Gasteiger partial charge in [-0.25, -0.2) is 12.7 Å². The Labute approximate surface area is 95.8 Å². The largest absolute Gasteiger partial charge is 0.389 e. The summed E-state index contributed by atoms with van der Waals surface area (Å²) < 4.78 is 59.0. The molecule has 0 aromatic heterocycles. The van der Waals surface area contributed by atoms with Crippen LogP contribution in [0.1, 0.15) is 12.8 Å². The summed E-state index contributed by atoms with van der Waals surface area (Å²) in [6.07, 6.45) is -5.74. The van der Waals surface area contributed by atoms with E-state index in [-0.39, 0.29) is 6.54 Å². The van der Waals surface area contributed by atoms with Crippen LogP contribution < -0.4 is 0 Å². The highest BCUT2D eigenvalue weighted by molar-refractivity contribution is 9.09. The Morgan fingerprint density at radius 3 is 2.27 bits per heavy atom. The normalized spacial score (nSPS) is 13.5. The van der Waals surface area contributed by atoms with Gasteiger partial charge in [0.15, 0.2) is 0 Å².